The largest absolute Gasteiger partial charge is 0.465 e. The number of thiophene rings is 2. The van der Waals surface area contributed by atoms with Crippen LogP contribution in [0.4, 0.5) is 0 Å². The number of esters is 1. The van der Waals surface area contributed by atoms with Crippen LogP contribution in [0, 0.1) is 17.2 Å². The van der Waals surface area contributed by atoms with E-state index in [2.05, 4.69) is 6.07 Å². The van der Waals surface area contributed by atoms with E-state index in [0.29, 0.717) is 15.3 Å². The molecule has 0 N–H and O–H groups in total. The van der Waals surface area contributed by atoms with Crippen molar-refractivity contribution in [2.45, 2.75) is 18.8 Å². The summed E-state index contributed by atoms with van der Waals surface area (Å²) in [5.74, 6) is -2.77. The van der Waals surface area contributed by atoms with Crippen molar-refractivity contribution in [1.82, 2.24) is 0 Å². The lowest BCUT2D eigenvalue weighted by molar-refractivity contribution is -0.149. The van der Waals surface area contributed by atoms with Gasteiger partial charge in [0.1, 0.15) is 0 Å². The number of ketones is 2. The summed E-state index contributed by atoms with van der Waals surface area (Å²) < 4.78 is 5.25. The summed E-state index contributed by atoms with van der Waals surface area (Å²) in [6, 6.07) is 17.2. The van der Waals surface area contributed by atoms with E-state index in [1.54, 1.807) is 72.3 Å². The van der Waals surface area contributed by atoms with Crippen LogP contribution in [0.5, 0.6) is 0 Å². The molecule has 0 amide bonds. The topological polar surface area (TPSA) is 84.2 Å². The minimum absolute atomic E-state index is 0.0495. The minimum Gasteiger partial charge on any atom is -0.465 e. The maximum atomic E-state index is 13.5. The highest BCUT2D eigenvalue weighted by Crippen LogP contribution is 2.39. The fraction of sp³-hybridized carbons (Fsp3) is 0.217. The Morgan fingerprint density at radius 3 is 2.17 bits per heavy atom. The van der Waals surface area contributed by atoms with Gasteiger partial charge in [-0.3, -0.25) is 9.59 Å². The van der Waals surface area contributed by atoms with Crippen LogP contribution in [0.25, 0.3) is 0 Å². The lowest BCUT2D eigenvalue weighted by atomic mass is 9.67. The molecule has 0 spiro atoms. The van der Waals surface area contributed by atoms with Crippen LogP contribution in [0.3, 0.4) is 0 Å². The smallest absolute Gasteiger partial charge is 0.331 e. The minimum atomic E-state index is -1.94. The first-order chi connectivity index (χ1) is 14.5. The molecule has 0 aliphatic carbocycles. The SMILES string of the molecule is CCOC(=O)C(C#N)(c1ccccc1)C(CC(=O)c1cccs1)C(=O)c1cccs1. The van der Waals surface area contributed by atoms with Crippen molar-refractivity contribution in [3.63, 3.8) is 0 Å². The molecule has 2 unspecified atom stereocenters. The molecule has 152 valence electrons. The maximum Gasteiger partial charge on any atom is 0.331 e. The number of nitriles is 1. The van der Waals surface area contributed by atoms with Crippen LogP contribution >= 0.6 is 22.7 Å². The molecule has 5 nitrogen and oxygen atoms in total. The molecule has 3 aromatic rings. The summed E-state index contributed by atoms with van der Waals surface area (Å²) in [4.78, 5) is 40.5. The standard InChI is InChI=1S/C23H19NO4S2/c1-2-28-22(27)23(15-24,16-8-4-3-5-9-16)17(21(26)20-11-7-13-30-20)14-18(25)19-10-6-12-29-19/h3-13,17H,2,14H2,1H3. The monoisotopic (exact) mass is 437 g/mol. The van der Waals surface area contributed by atoms with E-state index in [-0.39, 0.29) is 18.8 Å². The molecule has 30 heavy (non-hydrogen) atoms. The van der Waals surface area contributed by atoms with E-state index in [1.165, 1.54) is 22.7 Å². The quantitative estimate of drug-likeness (QED) is 0.351. The van der Waals surface area contributed by atoms with Crippen molar-refractivity contribution < 1.29 is 19.1 Å². The zero-order chi connectivity index (χ0) is 21.6. The van der Waals surface area contributed by atoms with Crippen molar-refractivity contribution >= 4 is 40.2 Å². The van der Waals surface area contributed by atoms with Gasteiger partial charge in [-0.25, -0.2) is 4.79 Å². The van der Waals surface area contributed by atoms with E-state index >= 15 is 0 Å². The van der Waals surface area contributed by atoms with Gasteiger partial charge in [-0.15, -0.1) is 22.7 Å². The second kappa shape index (κ2) is 9.61. The van der Waals surface area contributed by atoms with E-state index in [0.717, 1.165) is 0 Å². The molecule has 3 rings (SSSR count). The fourth-order valence-electron chi connectivity index (χ4n) is 3.35. The van der Waals surface area contributed by atoms with Crippen LogP contribution < -0.4 is 0 Å². The molecule has 7 heteroatoms. The number of carbonyl (C=O) groups excluding carboxylic acids is 3. The van der Waals surface area contributed by atoms with Gasteiger partial charge in [0, 0.05) is 6.42 Å². The van der Waals surface area contributed by atoms with Gasteiger partial charge in [0.15, 0.2) is 17.0 Å². The molecule has 0 aliphatic rings. The third-order valence-corrected chi connectivity index (χ3v) is 6.59. The molecule has 2 aromatic heterocycles. The molecule has 0 radical (unpaired) electrons. The Hall–Kier alpha value is -3.08. The number of rotatable bonds is 9. The lowest BCUT2D eigenvalue weighted by Gasteiger charge is -2.32. The van der Waals surface area contributed by atoms with Crippen LogP contribution in [0.2, 0.25) is 0 Å². The Labute approximate surface area is 182 Å². The molecule has 0 bridgehead atoms. The fourth-order valence-corrected chi connectivity index (χ4v) is 4.75. The average molecular weight is 438 g/mol. The van der Waals surface area contributed by atoms with Crippen molar-refractivity contribution in [3.05, 3.63) is 80.7 Å². The Morgan fingerprint density at radius 1 is 1.00 bits per heavy atom. The molecule has 1 aromatic carbocycles. The summed E-state index contributed by atoms with van der Waals surface area (Å²) in [6.45, 7) is 1.69. The Bertz CT molecular complexity index is 1050. The summed E-state index contributed by atoms with van der Waals surface area (Å²) in [6.07, 6.45) is -0.279. The summed E-state index contributed by atoms with van der Waals surface area (Å²) >= 11 is 2.47. The average Bonchev–Trinajstić information content (AvgIpc) is 3.48. The highest BCUT2D eigenvalue weighted by molar-refractivity contribution is 7.12. The number of ether oxygens (including phenoxy) is 1. The highest BCUT2D eigenvalue weighted by atomic mass is 32.1. The summed E-state index contributed by atoms with van der Waals surface area (Å²) in [5, 5.41) is 13.8. The second-order valence-corrected chi connectivity index (χ2v) is 8.40. The number of Topliss-reactive ketones (excluding diaryl/α,β-unsaturated/α-hetero) is 2. The number of benzene rings is 1. The zero-order valence-electron chi connectivity index (χ0n) is 16.2. The van der Waals surface area contributed by atoms with Gasteiger partial charge in [-0.1, -0.05) is 42.5 Å². The molecule has 2 heterocycles. The molecule has 0 saturated heterocycles. The van der Waals surface area contributed by atoms with Crippen molar-refractivity contribution in [2.75, 3.05) is 6.61 Å². The first-order valence-electron chi connectivity index (χ1n) is 9.33. The molecule has 2 atom stereocenters. The Morgan fingerprint density at radius 2 is 1.63 bits per heavy atom. The number of hydrogen-bond acceptors (Lipinski definition) is 7. The van der Waals surface area contributed by atoms with E-state index in [9.17, 15) is 19.6 Å². The van der Waals surface area contributed by atoms with Crippen LogP contribution in [-0.4, -0.2) is 24.1 Å². The van der Waals surface area contributed by atoms with Crippen LogP contribution in [0.15, 0.2) is 65.4 Å². The van der Waals surface area contributed by atoms with Crippen molar-refractivity contribution in [3.8, 4) is 6.07 Å². The molecular formula is C23H19NO4S2. The zero-order valence-corrected chi connectivity index (χ0v) is 17.9. The Balaban J connectivity index is 2.17. The number of hydrogen-bond donors (Lipinski definition) is 0. The predicted molar refractivity (Wildman–Crippen MR) is 116 cm³/mol. The van der Waals surface area contributed by atoms with Gasteiger partial charge < -0.3 is 4.74 Å². The third-order valence-electron chi connectivity index (χ3n) is 4.79. The third kappa shape index (κ3) is 4.11. The second-order valence-electron chi connectivity index (χ2n) is 6.51. The number of carbonyl (C=O) groups is 3. The van der Waals surface area contributed by atoms with Gasteiger partial charge in [0.2, 0.25) is 0 Å². The first kappa shape index (κ1) is 21.6. The molecule has 0 fully saturated rings. The number of nitrogens with zero attached hydrogens (tertiary/aromatic N) is 1. The first-order valence-corrected chi connectivity index (χ1v) is 11.1. The van der Waals surface area contributed by atoms with Crippen molar-refractivity contribution in [2.24, 2.45) is 5.92 Å². The normalized spacial score (nSPS) is 13.6. The molecule has 0 aliphatic heterocycles. The maximum absolute atomic E-state index is 13.5. The van der Waals surface area contributed by atoms with Gasteiger partial charge in [0.05, 0.1) is 28.3 Å². The van der Waals surface area contributed by atoms with Crippen LogP contribution in [0.1, 0.15) is 38.3 Å². The lowest BCUT2D eigenvalue weighted by Crippen LogP contribution is -2.47. The predicted octanol–water partition coefficient (Wildman–Crippen LogP) is 4.91. The van der Waals surface area contributed by atoms with Gasteiger partial charge >= 0.3 is 5.97 Å². The summed E-state index contributed by atoms with van der Waals surface area (Å²) in [7, 11) is 0. The molecular weight excluding hydrogens is 418 g/mol. The van der Waals surface area contributed by atoms with Crippen molar-refractivity contribution in [1.29, 1.82) is 5.26 Å². The van der Waals surface area contributed by atoms with Gasteiger partial charge in [-0.2, -0.15) is 5.26 Å². The summed E-state index contributed by atoms with van der Waals surface area (Å²) in [5.41, 5.74) is -1.61. The van der Waals surface area contributed by atoms with E-state index < -0.39 is 23.1 Å². The van der Waals surface area contributed by atoms with Gasteiger partial charge in [0.25, 0.3) is 0 Å². The van der Waals surface area contributed by atoms with E-state index in [4.69, 9.17) is 4.74 Å². The Kier molecular flexibility index (Phi) is 6.93. The van der Waals surface area contributed by atoms with E-state index in [1.807, 2.05) is 0 Å². The van der Waals surface area contributed by atoms with Gasteiger partial charge in [-0.05, 0) is 35.4 Å². The van der Waals surface area contributed by atoms with Crippen LogP contribution in [-0.2, 0) is 14.9 Å². The molecule has 0 saturated carbocycles. The highest BCUT2D eigenvalue weighted by Gasteiger charge is 2.53.